The predicted molar refractivity (Wildman–Crippen MR) is 57.7 cm³/mol. The molecule has 0 fully saturated rings. The smallest absolute Gasteiger partial charge is 0.220 e. The fourth-order valence-electron chi connectivity index (χ4n) is 1.29. The molecule has 0 spiro atoms. The van der Waals surface area contributed by atoms with Gasteiger partial charge in [-0.2, -0.15) is 0 Å². The molecule has 1 aromatic rings. The van der Waals surface area contributed by atoms with Crippen LogP contribution in [0.3, 0.4) is 0 Å². The first-order valence-electron chi connectivity index (χ1n) is 5.19. The van der Waals surface area contributed by atoms with Crippen LogP contribution >= 0.6 is 0 Å². The summed E-state index contributed by atoms with van der Waals surface area (Å²) in [6.45, 7) is 4.11. The van der Waals surface area contributed by atoms with Gasteiger partial charge in [-0.3, -0.25) is 4.79 Å². The lowest BCUT2D eigenvalue weighted by molar-refractivity contribution is -0.121. The average Bonchev–Trinajstić information content (AvgIpc) is 2.19. The van der Waals surface area contributed by atoms with E-state index in [0.717, 1.165) is 12.1 Å². The second kappa shape index (κ2) is 5.58. The summed E-state index contributed by atoms with van der Waals surface area (Å²) in [5.41, 5.74) is 0.552. The van der Waals surface area contributed by atoms with Gasteiger partial charge in [-0.15, -0.1) is 0 Å². The maximum Gasteiger partial charge on any atom is 0.220 e. The van der Waals surface area contributed by atoms with Crippen molar-refractivity contribution in [1.82, 2.24) is 5.32 Å². The lowest BCUT2D eigenvalue weighted by Gasteiger charge is -2.07. The number of benzene rings is 1. The fraction of sp³-hybridized carbons (Fsp3) is 0.417. The first kappa shape index (κ1) is 12.6. The van der Waals surface area contributed by atoms with Gasteiger partial charge in [-0.05, 0) is 23.6 Å². The second-order valence-corrected chi connectivity index (χ2v) is 4.12. The van der Waals surface area contributed by atoms with Crippen molar-refractivity contribution in [3.63, 3.8) is 0 Å². The molecule has 1 N–H and O–H groups in total. The highest BCUT2D eigenvalue weighted by Gasteiger charge is 2.06. The summed E-state index contributed by atoms with van der Waals surface area (Å²) in [5.74, 6) is -1.57. The van der Waals surface area contributed by atoms with E-state index in [1.54, 1.807) is 0 Å². The summed E-state index contributed by atoms with van der Waals surface area (Å²) >= 11 is 0. The van der Waals surface area contributed by atoms with Gasteiger partial charge in [0.05, 0.1) is 0 Å². The molecule has 4 heteroatoms. The SMILES string of the molecule is CC(C)CC(=O)NCc1ccc(F)c(F)c1. The normalized spacial score (nSPS) is 10.6. The number of amides is 1. The van der Waals surface area contributed by atoms with Gasteiger partial charge in [0.15, 0.2) is 11.6 Å². The zero-order valence-electron chi connectivity index (χ0n) is 9.39. The van der Waals surface area contributed by atoms with E-state index in [1.165, 1.54) is 6.07 Å². The van der Waals surface area contributed by atoms with Gasteiger partial charge in [0.1, 0.15) is 0 Å². The molecule has 0 aliphatic rings. The Kier molecular flexibility index (Phi) is 4.40. The van der Waals surface area contributed by atoms with Crippen molar-refractivity contribution < 1.29 is 13.6 Å². The quantitative estimate of drug-likeness (QED) is 0.841. The highest BCUT2D eigenvalue weighted by atomic mass is 19.2. The molecule has 0 saturated heterocycles. The van der Waals surface area contributed by atoms with E-state index in [1.807, 2.05) is 13.8 Å². The third-order valence-corrected chi connectivity index (χ3v) is 2.07. The molecule has 0 aliphatic carbocycles. The molecule has 1 rings (SSSR count). The molecule has 0 heterocycles. The number of halogens is 2. The highest BCUT2D eigenvalue weighted by molar-refractivity contribution is 5.76. The Morgan fingerprint density at radius 2 is 2.00 bits per heavy atom. The molecule has 1 aromatic carbocycles. The molecule has 88 valence electrons. The van der Waals surface area contributed by atoms with Crippen LogP contribution in [-0.4, -0.2) is 5.91 Å². The van der Waals surface area contributed by atoms with Crippen molar-refractivity contribution in [2.75, 3.05) is 0 Å². The van der Waals surface area contributed by atoms with E-state index in [2.05, 4.69) is 5.32 Å². The van der Waals surface area contributed by atoms with E-state index < -0.39 is 11.6 Å². The van der Waals surface area contributed by atoms with Crippen molar-refractivity contribution in [2.24, 2.45) is 5.92 Å². The summed E-state index contributed by atoms with van der Waals surface area (Å²) in [6.07, 6.45) is 0.434. The standard InChI is InChI=1S/C12H15F2NO/c1-8(2)5-12(16)15-7-9-3-4-10(13)11(14)6-9/h3-4,6,8H,5,7H2,1-2H3,(H,15,16). The van der Waals surface area contributed by atoms with Crippen LogP contribution in [0.5, 0.6) is 0 Å². The van der Waals surface area contributed by atoms with Crippen LogP contribution in [0.2, 0.25) is 0 Å². The van der Waals surface area contributed by atoms with Crippen LogP contribution < -0.4 is 5.32 Å². The third kappa shape index (κ3) is 3.96. The minimum Gasteiger partial charge on any atom is -0.352 e. The monoisotopic (exact) mass is 227 g/mol. The van der Waals surface area contributed by atoms with Crippen LogP contribution in [-0.2, 0) is 11.3 Å². The van der Waals surface area contributed by atoms with Crippen molar-refractivity contribution >= 4 is 5.91 Å². The Morgan fingerprint density at radius 3 is 2.56 bits per heavy atom. The predicted octanol–water partition coefficient (Wildman–Crippen LogP) is 2.63. The van der Waals surface area contributed by atoms with Crippen molar-refractivity contribution in [3.05, 3.63) is 35.4 Å². The van der Waals surface area contributed by atoms with Crippen LogP contribution in [0.25, 0.3) is 0 Å². The van der Waals surface area contributed by atoms with Crippen molar-refractivity contribution in [2.45, 2.75) is 26.8 Å². The first-order chi connectivity index (χ1) is 7.49. The molecule has 0 aromatic heterocycles. The summed E-state index contributed by atoms with van der Waals surface area (Å²) in [5, 5.41) is 2.65. The average molecular weight is 227 g/mol. The van der Waals surface area contributed by atoms with Gasteiger partial charge in [0.2, 0.25) is 5.91 Å². The molecule has 0 bridgehead atoms. The van der Waals surface area contributed by atoms with Gasteiger partial charge in [0.25, 0.3) is 0 Å². The number of carbonyl (C=O) groups excluding carboxylic acids is 1. The third-order valence-electron chi connectivity index (χ3n) is 2.07. The molecule has 0 saturated carbocycles. The Hall–Kier alpha value is -1.45. The maximum atomic E-state index is 12.8. The molecule has 0 radical (unpaired) electrons. The highest BCUT2D eigenvalue weighted by Crippen LogP contribution is 2.08. The number of nitrogens with one attached hydrogen (secondary N) is 1. The van der Waals surface area contributed by atoms with Crippen LogP contribution in [0.1, 0.15) is 25.8 Å². The summed E-state index contributed by atoms with van der Waals surface area (Å²) < 4.78 is 25.4. The summed E-state index contributed by atoms with van der Waals surface area (Å²) in [6, 6.07) is 3.60. The molecule has 1 amide bonds. The number of hydrogen-bond acceptors (Lipinski definition) is 1. The van der Waals surface area contributed by atoms with E-state index >= 15 is 0 Å². The van der Waals surface area contributed by atoms with E-state index in [9.17, 15) is 13.6 Å². The zero-order valence-corrected chi connectivity index (χ0v) is 9.39. The molecule has 0 aliphatic heterocycles. The Balaban J connectivity index is 2.48. The molecular weight excluding hydrogens is 212 g/mol. The van der Waals surface area contributed by atoms with E-state index in [-0.39, 0.29) is 18.4 Å². The minimum atomic E-state index is -0.893. The Morgan fingerprint density at radius 1 is 1.31 bits per heavy atom. The van der Waals surface area contributed by atoms with Crippen molar-refractivity contribution in [3.8, 4) is 0 Å². The first-order valence-corrected chi connectivity index (χ1v) is 5.19. The number of hydrogen-bond donors (Lipinski definition) is 1. The molecule has 0 unspecified atom stereocenters. The van der Waals surface area contributed by atoms with Gasteiger partial charge in [-0.25, -0.2) is 8.78 Å². The largest absolute Gasteiger partial charge is 0.352 e. The van der Waals surface area contributed by atoms with Crippen LogP contribution in [0.4, 0.5) is 8.78 Å². The number of rotatable bonds is 4. The topological polar surface area (TPSA) is 29.1 Å². The van der Waals surface area contributed by atoms with Gasteiger partial charge >= 0.3 is 0 Å². The van der Waals surface area contributed by atoms with Crippen molar-refractivity contribution in [1.29, 1.82) is 0 Å². The lowest BCUT2D eigenvalue weighted by atomic mass is 10.1. The molecule has 0 atom stereocenters. The van der Waals surface area contributed by atoms with E-state index in [4.69, 9.17) is 0 Å². The Labute approximate surface area is 93.7 Å². The molecule has 2 nitrogen and oxygen atoms in total. The molecule has 16 heavy (non-hydrogen) atoms. The fourth-order valence-corrected chi connectivity index (χ4v) is 1.29. The summed E-state index contributed by atoms with van der Waals surface area (Å²) in [7, 11) is 0. The summed E-state index contributed by atoms with van der Waals surface area (Å²) in [4.78, 5) is 11.3. The van der Waals surface area contributed by atoms with E-state index in [0.29, 0.717) is 12.0 Å². The Bertz CT molecular complexity index is 377. The molecular formula is C12H15F2NO. The zero-order chi connectivity index (χ0) is 12.1. The second-order valence-electron chi connectivity index (χ2n) is 4.12. The number of carbonyl (C=O) groups is 1. The lowest BCUT2D eigenvalue weighted by Crippen LogP contribution is -2.23. The maximum absolute atomic E-state index is 12.8. The van der Waals surface area contributed by atoms with Gasteiger partial charge in [0, 0.05) is 13.0 Å². The van der Waals surface area contributed by atoms with Crippen LogP contribution in [0, 0.1) is 17.6 Å². The van der Waals surface area contributed by atoms with Gasteiger partial charge in [-0.1, -0.05) is 19.9 Å². The minimum absolute atomic E-state index is 0.0836. The van der Waals surface area contributed by atoms with Gasteiger partial charge < -0.3 is 5.32 Å². The van der Waals surface area contributed by atoms with Crippen LogP contribution in [0.15, 0.2) is 18.2 Å².